The molecule has 3 N–H and O–H groups in total. The fourth-order valence-electron chi connectivity index (χ4n) is 1.88. The number of hydrogen-bond acceptors (Lipinski definition) is 4. The number of primary amides is 1. The van der Waals surface area contributed by atoms with Crippen LogP contribution in [-0.4, -0.2) is 16.8 Å². The van der Waals surface area contributed by atoms with Crippen molar-refractivity contribution in [3.8, 4) is 0 Å². The molecular formula is C15H11N3O2S. The number of nitrogens with zero attached hydrogens (tertiary/aromatic N) is 1. The molecule has 0 saturated heterocycles. The van der Waals surface area contributed by atoms with Crippen molar-refractivity contribution in [2.45, 2.75) is 0 Å². The molecular weight excluding hydrogens is 286 g/mol. The summed E-state index contributed by atoms with van der Waals surface area (Å²) in [6, 6.07) is 13.8. The highest BCUT2D eigenvalue weighted by atomic mass is 32.1. The summed E-state index contributed by atoms with van der Waals surface area (Å²) in [5, 5.41) is 3.29. The molecule has 1 heterocycles. The third-order valence-corrected chi connectivity index (χ3v) is 3.90. The summed E-state index contributed by atoms with van der Waals surface area (Å²) in [5.74, 6) is -0.793. The van der Waals surface area contributed by atoms with Crippen LogP contribution in [0.15, 0.2) is 48.5 Å². The highest BCUT2D eigenvalue weighted by molar-refractivity contribution is 7.22. The van der Waals surface area contributed by atoms with Crippen LogP contribution in [0.25, 0.3) is 10.2 Å². The van der Waals surface area contributed by atoms with E-state index in [1.54, 1.807) is 12.1 Å². The Kier molecular flexibility index (Phi) is 3.37. The molecule has 3 rings (SSSR count). The number of nitrogens with two attached hydrogens (primary N) is 1. The maximum absolute atomic E-state index is 12.1. The molecule has 6 heteroatoms. The predicted octanol–water partition coefficient (Wildman–Crippen LogP) is 2.65. The molecule has 0 saturated carbocycles. The van der Waals surface area contributed by atoms with Gasteiger partial charge >= 0.3 is 0 Å². The van der Waals surface area contributed by atoms with E-state index in [9.17, 15) is 9.59 Å². The molecule has 0 atom stereocenters. The lowest BCUT2D eigenvalue weighted by Crippen LogP contribution is -2.14. The normalized spacial score (nSPS) is 10.5. The van der Waals surface area contributed by atoms with Gasteiger partial charge in [-0.15, -0.1) is 0 Å². The average molecular weight is 297 g/mol. The van der Waals surface area contributed by atoms with Gasteiger partial charge in [-0.25, -0.2) is 4.98 Å². The van der Waals surface area contributed by atoms with Crippen LogP contribution in [0.3, 0.4) is 0 Å². The number of anilines is 1. The molecule has 5 nitrogen and oxygen atoms in total. The molecule has 0 radical (unpaired) electrons. The minimum absolute atomic E-state index is 0.273. The Labute approximate surface area is 124 Å². The number of carbonyl (C=O) groups is 2. The summed E-state index contributed by atoms with van der Waals surface area (Å²) in [6.07, 6.45) is 0. The Hall–Kier alpha value is -2.73. The molecule has 0 aliphatic carbocycles. The lowest BCUT2D eigenvalue weighted by Gasteiger charge is -2.02. The second kappa shape index (κ2) is 5.34. The van der Waals surface area contributed by atoms with Gasteiger partial charge in [0.2, 0.25) is 5.91 Å². The second-order valence-electron chi connectivity index (χ2n) is 4.38. The fourth-order valence-corrected chi connectivity index (χ4v) is 2.74. The predicted molar refractivity (Wildman–Crippen MR) is 82.5 cm³/mol. The maximum Gasteiger partial charge on any atom is 0.257 e. The van der Waals surface area contributed by atoms with Gasteiger partial charge in [0.15, 0.2) is 5.13 Å². The minimum atomic E-state index is -0.520. The molecule has 0 fully saturated rings. The van der Waals surface area contributed by atoms with Crippen LogP contribution in [0.2, 0.25) is 0 Å². The van der Waals surface area contributed by atoms with Crippen molar-refractivity contribution in [1.29, 1.82) is 0 Å². The van der Waals surface area contributed by atoms with Crippen LogP contribution in [0.4, 0.5) is 5.13 Å². The van der Waals surface area contributed by atoms with E-state index in [1.807, 2.05) is 24.3 Å². The first-order valence-electron chi connectivity index (χ1n) is 6.20. The smallest absolute Gasteiger partial charge is 0.257 e. The maximum atomic E-state index is 12.1. The molecule has 3 aromatic rings. The van der Waals surface area contributed by atoms with Crippen molar-refractivity contribution in [1.82, 2.24) is 4.98 Å². The number of para-hydroxylation sites is 1. The summed E-state index contributed by atoms with van der Waals surface area (Å²) in [6.45, 7) is 0. The molecule has 1 aromatic heterocycles. The van der Waals surface area contributed by atoms with Gasteiger partial charge in [-0.2, -0.15) is 0 Å². The first kappa shape index (κ1) is 13.3. The van der Waals surface area contributed by atoms with Gasteiger partial charge in [-0.1, -0.05) is 23.5 Å². The van der Waals surface area contributed by atoms with Crippen molar-refractivity contribution < 1.29 is 9.59 Å². The number of aromatic nitrogens is 1. The fraction of sp³-hybridized carbons (Fsp3) is 0. The van der Waals surface area contributed by atoms with E-state index in [0.717, 1.165) is 10.2 Å². The zero-order valence-corrected chi connectivity index (χ0v) is 11.7. The Balaban J connectivity index is 1.80. The van der Waals surface area contributed by atoms with Crippen LogP contribution in [0.1, 0.15) is 20.7 Å². The topological polar surface area (TPSA) is 85.1 Å². The van der Waals surface area contributed by atoms with E-state index < -0.39 is 5.91 Å². The largest absolute Gasteiger partial charge is 0.366 e. The molecule has 0 bridgehead atoms. The van der Waals surface area contributed by atoms with Gasteiger partial charge in [0.1, 0.15) is 0 Å². The van der Waals surface area contributed by atoms with E-state index in [2.05, 4.69) is 10.3 Å². The van der Waals surface area contributed by atoms with Crippen molar-refractivity contribution in [2.24, 2.45) is 5.73 Å². The van der Waals surface area contributed by atoms with Crippen molar-refractivity contribution in [2.75, 3.05) is 5.32 Å². The molecule has 104 valence electrons. The van der Waals surface area contributed by atoms with Crippen LogP contribution in [0.5, 0.6) is 0 Å². The Morgan fingerprint density at radius 2 is 1.67 bits per heavy atom. The van der Waals surface area contributed by atoms with E-state index in [-0.39, 0.29) is 5.91 Å². The van der Waals surface area contributed by atoms with Gasteiger partial charge < -0.3 is 5.73 Å². The Morgan fingerprint density at radius 3 is 2.33 bits per heavy atom. The average Bonchev–Trinajstić information content (AvgIpc) is 2.89. The third-order valence-electron chi connectivity index (χ3n) is 2.95. The summed E-state index contributed by atoms with van der Waals surface area (Å²) < 4.78 is 1.01. The lowest BCUT2D eigenvalue weighted by molar-refractivity contribution is 0.0995. The van der Waals surface area contributed by atoms with Crippen molar-refractivity contribution >= 4 is 38.5 Å². The summed E-state index contributed by atoms with van der Waals surface area (Å²) >= 11 is 1.41. The lowest BCUT2D eigenvalue weighted by atomic mass is 10.1. The van der Waals surface area contributed by atoms with E-state index in [4.69, 9.17) is 5.73 Å². The highest BCUT2D eigenvalue weighted by Crippen LogP contribution is 2.25. The van der Waals surface area contributed by atoms with Gasteiger partial charge in [-0.05, 0) is 36.4 Å². The van der Waals surface area contributed by atoms with E-state index >= 15 is 0 Å². The number of nitrogens with one attached hydrogen (secondary N) is 1. The number of amides is 2. The van der Waals surface area contributed by atoms with Gasteiger partial charge in [-0.3, -0.25) is 14.9 Å². The first-order chi connectivity index (χ1) is 10.1. The number of rotatable bonds is 3. The molecule has 0 unspecified atom stereocenters. The van der Waals surface area contributed by atoms with E-state index in [0.29, 0.717) is 16.3 Å². The van der Waals surface area contributed by atoms with Crippen molar-refractivity contribution in [3.63, 3.8) is 0 Å². The summed E-state index contributed by atoms with van der Waals surface area (Å²) in [4.78, 5) is 27.4. The number of benzene rings is 2. The molecule has 2 amide bonds. The Morgan fingerprint density at radius 1 is 1.00 bits per heavy atom. The highest BCUT2D eigenvalue weighted by Gasteiger charge is 2.10. The minimum Gasteiger partial charge on any atom is -0.366 e. The van der Waals surface area contributed by atoms with E-state index in [1.165, 1.54) is 23.5 Å². The molecule has 2 aromatic carbocycles. The molecule has 0 aliphatic rings. The van der Waals surface area contributed by atoms with Crippen LogP contribution in [-0.2, 0) is 0 Å². The van der Waals surface area contributed by atoms with Crippen molar-refractivity contribution in [3.05, 3.63) is 59.7 Å². The molecule has 21 heavy (non-hydrogen) atoms. The van der Waals surface area contributed by atoms with Gasteiger partial charge in [0, 0.05) is 11.1 Å². The van der Waals surface area contributed by atoms with Crippen LogP contribution < -0.4 is 11.1 Å². The second-order valence-corrected chi connectivity index (χ2v) is 5.41. The number of carbonyl (C=O) groups excluding carboxylic acids is 2. The standard InChI is InChI=1S/C15H11N3O2S/c16-13(19)9-5-7-10(8-6-9)14(20)18-15-17-11-3-1-2-4-12(11)21-15/h1-8H,(H2,16,19)(H,17,18,20). The quantitative estimate of drug-likeness (QED) is 0.779. The van der Waals surface area contributed by atoms with Crippen LogP contribution in [0, 0.1) is 0 Å². The summed E-state index contributed by atoms with van der Waals surface area (Å²) in [5.41, 5.74) is 6.82. The third kappa shape index (κ3) is 2.75. The summed E-state index contributed by atoms with van der Waals surface area (Å²) in [7, 11) is 0. The SMILES string of the molecule is NC(=O)c1ccc(C(=O)Nc2nc3ccccc3s2)cc1. The first-order valence-corrected chi connectivity index (χ1v) is 7.02. The number of fused-ring (bicyclic) bond motifs is 1. The zero-order chi connectivity index (χ0) is 14.8. The van der Waals surface area contributed by atoms with Gasteiger partial charge in [0.25, 0.3) is 5.91 Å². The van der Waals surface area contributed by atoms with Crippen LogP contribution >= 0.6 is 11.3 Å². The Bertz CT molecular complexity index is 791. The monoisotopic (exact) mass is 297 g/mol. The molecule has 0 aliphatic heterocycles. The number of hydrogen-bond donors (Lipinski definition) is 2. The molecule has 0 spiro atoms. The van der Waals surface area contributed by atoms with Gasteiger partial charge in [0.05, 0.1) is 10.2 Å². The number of thiazole rings is 1. The zero-order valence-electron chi connectivity index (χ0n) is 10.9.